The molecule has 0 radical (unpaired) electrons. The topological polar surface area (TPSA) is 83.7 Å². The van der Waals surface area contributed by atoms with Crippen LogP contribution in [0.5, 0.6) is 0 Å². The number of hydrogen-bond acceptors (Lipinski definition) is 4. The van der Waals surface area contributed by atoms with Crippen molar-refractivity contribution in [1.29, 1.82) is 0 Å². The van der Waals surface area contributed by atoms with E-state index < -0.39 is 4.92 Å². The Morgan fingerprint density at radius 1 is 1.50 bits per heavy atom. The Balaban J connectivity index is 2.84. The monoisotopic (exact) mass is 250 g/mol. The number of benzene rings is 1. The molecular formula is C12H14N2O4. The van der Waals surface area contributed by atoms with Crippen molar-refractivity contribution in [2.75, 3.05) is 20.2 Å². The number of rotatable bonds is 5. The highest BCUT2D eigenvalue weighted by molar-refractivity contribution is 5.92. The van der Waals surface area contributed by atoms with Crippen LogP contribution in [0.2, 0.25) is 0 Å². The van der Waals surface area contributed by atoms with Crippen LogP contribution in [-0.2, 0) is 4.79 Å². The SMILES string of the molecule is CN(CCO)C(=O)/C=C/c1ccccc1[N+](=O)[O-]. The lowest BCUT2D eigenvalue weighted by molar-refractivity contribution is -0.385. The third-order valence-corrected chi connectivity index (χ3v) is 2.35. The van der Waals surface area contributed by atoms with Gasteiger partial charge in [-0.2, -0.15) is 0 Å². The second kappa shape index (κ2) is 6.51. The van der Waals surface area contributed by atoms with Crippen LogP contribution in [-0.4, -0.2) is 41.0 Å². The molecule has 0 unspecified atom stereocenters. The van der Waals surface area contributed by atoms with Crippen LogP contribution in [0.3, 0.4) is 0 Å². The number of aliphatic hydroxyl groups excluding tert-OH is 1. The lowest BCUT2D eigenvalue weighted by atomic mass is 10.1. The molecule has 0 atom stereocenters. The molecule has 0 aliphatic heterocycles. The van der Waals surface area contributed by atoms with Gasteiger partial charge >= 0.3 is 0 Å². The number of aliphatic hydroxyl groups is 1. The first kappa shape index (κ1) is 13.9. The molecule has 0 spiro atoms. The summed E-state index contributed by atoms with van der Waals surface area (Å²) in [5.74, 6) is -0.317. The van der Waals surface area contributed by atoms with E-state index in [0.717, 1.165) is 0 Å². The molecule has 0 aliphatic rings. The van der Waals surface area contributed by atoms with Crippen LogP contribution in [0.25, 0.3) is 6.08 Å². The van der Waals surface area contributed by atoms with Crippen molar-refractivity contribution in [2.24, 2.45) is 0 Å². The lowest BCUT2D eigenvalue weighted by Crippen LogP contribution is -2.27. The first-order valence-electron chi connectivity index (χ1n) is 5.33. The highest BCUT2D eigenvalue weighted by atomic mass is 16.6. The van der Waals surface area contributed by atoms with Gasteiger partial charge in [0.1, 0.15) is 0 Å². The summed E-state index contributed by atoms with van der Waals surface area (Å²) in [6.07, 6.45) is 2.65. The van der Waals surface area contributed by atoms with E-state index in [1.54, 1.807) is 25.2 Å². The first-order valence-corrected chi connectivity index (χ1v) is 5.33. The lowest BCUT2D eigenvalue weighted by Gasteiger charge is -2.12. The van der Waals surface area contributed by atoms with Crippen molar-refractivity contribution in [3.05, 3.63) is 46.0 Å². The maximum absolute atomic E-state index is 11.5. The van der Waals surface area contributed by atoms with Crippen molar-refractivity contribution in [3.8, 4) is 0 Å². The van der Waals surface area contributed by atoms with E-state index in [1.165, 1.54) is 23.1 Å². The fourth-order valence-electron chi connectivity index (χ4n) is 1.34. The minimum absolute atomic E-state index is 0.0497. The van der Waals surface area contributed by atoms with Crippen molar-refractivity contribution in [2.45, 2.75) is 0 Å². The maximum Gasteiger partial charge on any atom is 0.276 e. The molecule has 6 nitrogen and oxygen atoms in total. The molecule has 0 saturated carbocycles. The van der Waals surface area contributed by atoms with E-state index in [1.807, 2.05) is 0 Å². The van der Waals surface area contributed by atoms with Gasteiger partial charge < -0.3 is 10.0 Å². The molecule has 0 heterocycles. The number of amides is 1. The van der Waals surface area contributed by atoms with Gasteiger partial charge in [0, 0.05) is 25.7 Å². The van der Waals surface area contributed by atoms with E-state index in [-0.39, 0.29) is 24.7 Å². The maximum atomic E-state index is 11.5. The van der Waals surface area contributed by atoms with Crippen molar-refractivity contribution < 1.29 is 14.8 Å². The number of nitrogens with zero attached hydrogens (tertiary/aromatic N) is 2. The van der Waals surface area contributed by atoms with Gasteiger partial charge in [-0.1, -0.05) is 12.1 Å². The van der Waals surface area contributed by atoms with Crippen LogP contribution >= 0.6 is 0 Å². The smallest absolute Gasteiger partial charge is 0.276 e. The molecule has 96 valence electrons. The quantitative estimate of drug-likeness (QED) is 0.481. The number of nitro benzene ring substituents is 1. The van der Waals surface area contributed by atoms with Crippen molar-refractivity contribution in [3.63, 3.8) is 0 Å². The third kappa shape index (κ3) is 3.67. The second-order valence-electron chi connectivity index (χ2n) is 3.63. The van der Waals surface area contributed by atoms with Crippen LogP contribution in [0, 0.1) is 10.1 Å². The van der Waals surface area contributed by atoms with Gasteiger partial charge in [-0.3, -0.25) is 14.9 Å². The van der Waals surface area contributed by atoms with E-state index in [9.17, 15) is 14.9 Å². The molecule has 1 aromatic carbocycles. The van der Waals surface area contributed by atoms with Crippen LogP contribution in [0.15, 0.2) is 30.3 Å². The number of nitro groups is 1. The van der Waals surface area contributed by atoms with Crippen LogP contribution in [0.1, 0.15) is 5.56 Å². The summed E-state index contributed by atoms with van der Waals surface area (Å²) in [7, 11) is 1.54. The summed E-state index contributed by atoms with van der Waals surface area (Å²) in [6.45, 7) is 0.0988. The molecule has 6 heteroatoms. The summed E-state index contributed by atoms with van der Waals surface area (Å²) in [6, 6.07) is 6.17. The summed E-state index contributed by atoms with van der Waals surface area (Å²) in [5.41, 5.74) is 0.319. The number of carbonyl (C=O) groups is 1. The molecule has 0 aliphatic carbocycles. The predicted molar refractivity (Wildman–Crippen MR) is 66.9 cm³/mol. The van der Waals surface area contributed by atoms with E-state index in [0.29, 0.717) is 5.56 Å². The minimum Gasteiger partial charge on any atom is -0.395 e. The third-order valence-electron chi connectivity index (χ3n) is 2.35. The summed E-state index contributed by atoms with van der Waals surface area (Å²) in [4.78, 5) is 23.1. The first-order chi connectivity index (χ1) is 8.56. The van der Waals surface area contributed by atoms with Gasteiger partial charge in [0.15, 0.2) is 0 Å². The number of para-hydroxylation sites is 1. The molecule has 1 amide bonds. The van der Waals surface area contributed by atoms with E-state index in [2.05, 4.69) is 0 Å². The normalized spacial score (nSPS) is 10.6. The molecule has 0 fully saturated rings. The molecule has 0 saturated heterocycles. The molecule has 18 heavy (non-hydrogen) atoms. The van der Waals surface area contributed by atoms with Crippen molar-refractivity contribution >= 4 is 17.7 Å². The minimum atomic E-state index is -0.498. The van der Waals surface area contributed by atoms with Crippen molar-refractivity contribution in [1.82, 2.24) is 4.90 Å². The van der Waals surface area contributed by atoms with Crippen LogP contribution in [0.4, 0.5) is 5.69 Å². The summed E-state index contributed by atoms with van der Waals surface area (Å²) >= 11 is 0. The Hall–Kier alpha value is -2.21. The molecule has 1 rings (SSSR count). The zero-order chi connectivity index (χ0) is 13.5. The average molecular weight is 250 g/mol. The number of likely N-dealkylation sites (N-methyl/N-ethyl adjacent to an activating group) is 1. The Kier molecular flexibility index (Phi) is 5.01. The predicted octanol–water partition coefficient (Wildman–Crippen LogP) is 1.06. The fraction of sp³-hybridized carbons (Fsp3) is 0.250. The summed E-state index contributed by atoms with van der Waals surface area (Å²) in [5, 5.41) is 19.4. The van der Waals surface area contributed by atoms with Gasteiger partial charge in [0.05, 0.1) is 17.1 Å². The second-order valence-corrected chi connectivity index (χ2v) is 3.63. The zero-order valence-corrected chi connectivity index (χ0v) is 9.94. The number of carbonyl (C=O) groups excluding carboxylic acids is 1. The molecule has 0 bridgehead atoms. The molecular weight excluding hydrogens is 236 g/mol. The zero-order valence-electron chi connectivity index (χ0n) is 9.94. The van der Waals surface area contributed by atoms with Gasteiger partial charge in [-0.05, 0) is 12.1 Å². The molecule has 1 N–H and O–H groups in total. The van der Waals surface area contributed by atoms with Gasteiger partial charge in [-0.15, -0.1) is 0 Å². The van der Waals surface area contributed by atoms with Gasteiger partial charge in [-0.25, -0.2) is 0 Å². The van der Waals surface area contributed by atoms with E-state index >= 15 is 0 Å². The highest BCUT2D eigenvalue weighted by Gasteiger charge is 2.10. The van der Waals surface area contributed by atoms with Gasteiger partial charge in [0.2, 0.25) is 5.91 Å². The Bertz CT molecular complexity index is 471. The fourth-order valence-corrected chi connectivity index (χ4v) is 1.34. The highest BCUT2D eigenvalue weighted by Crippen LogP contribution is 2.18. The molecule has 0 aromatic heterocycles. The summed E-state index contributed by atoms with van der Waals surface area (Å²) < 4.78 is 0. The number of hydrogen-bond donors (Lipinski definition) is 1. The Labute approximate surface area is 104 Å². The Morgan fingerprint density at radius 2 is 2.17 bits per heavy atom. The largest absolute Gasteiger partial charge is 0.395 e. The van der Waals surface area contributed by atoms with E-state index in [4.69, 9.17) is 5.11 Å². The van der Waals surface area contributed by atoms with Crippen LogP contribution < -0.4 is 0 Å². The standard InChI is InChI=1S/C12H14N2O4/c1-13(8-9-15)12(16)7-6-10-4-2-3-5-11(10)14(17)18/h2-7,15H,8-9H2,1H3/b7-6+. The molecule has 1 aromatic rings. The Morgan fingerprint density at radius 3 is 2.78 bits per heavy atom. The van der Waals surface area contributed by atoms with Gasteiger partial charge in [0.25, 0.3) is 5.69 Å². The average Bonchev–Trinajstić information content (AvgIpc) is 2.36.